The molecule has 25 heavy (non-hydrogen) atoms. The predicted octanol–water partition coefficient (Wildman–Crippen LogP) is 3.02. The van der Waals surface area contributed by atoms with Gasteiger partial charge in [-0.15, -0.1) is 11.3 Å². The molecule has 0 aliphatic rings. The number of thiazole rings is 1. The summed E-state index contributed by atoms with van der Waals surface area (Å²) in [5, 5.41) is 7.19. The molecule has 0 spiro atoms. The van der Waals surface area contributed by atoms with Gasteiger partial charge in [-0.3, -0.25) is 9.48 Å². The lowest BCUT2D eigenvalue weighted by Gasteiger charge is -2.02. The fourth-order valence-corrected chi connectivity index (χ4v) is 3.09. The molecule has 0 unspecified atom stereocenters. The Morgan fingerprint density at radius 1 is 1.28 bits per heavy atom. The predicted molar refractivity (Wildman–Crippen MR) is 89.2 cm³/mol. The third-order valence-electron chi connectivity index (χ3n) is 3.42. The van der Waals surface area contributed by atoms with Crippen molar-refractivity contribution in [1.29, 1.82) is 0 Å². The summed E-state index contributed by atoms with van der Waals surface area (Å²) in [4.78, 5) is 20.7. The van der Waals surface area contributed by atoms with E-state index in [-0.39, 0.29) is 5.91 Å². The van der Waals surface area contributed by atoms with E-state index in [0.717, 1.165) is 17.0 Å². The number of nitrogens with one attached hydrogen (secondary N) is 1. The van der Waals surface area contributed by atoms with Gasteiger partial charge in [0.1, 0.15) is 12.7 Å². The Labute approximate surface area is 146 Å². The molecule has 0 saturated carbocycles. The normalized spacial score (nSPS) is 10.8. The Balaban J connectivity index is 1.49. The molecule has 0 saturated heterocycles. The highest BCUT2D eigenvalue weighted by molar-refractivity contribution is 7.15. The van der Waals surface area contributed by atoms with Crippen molar-refractivity contribution in [2.45, 2.75) is 25.8 Å². The van der Waals surface area contributed by atoms with Gasteiger partial charge in [0.2, 0.25) is 5.91 Å². The van der Waals surface area contributed by atoms with Crippen molar-refractivity contribution in [3.05, 3.63) is 59.1 Å². The molecule has 0 fully saturated rings. The topological polar surface area (TPSA) is 72.7 Å². The fraction of sp³-hybridized carbons (Fsp3) is 0.250. The van der Waals surface area contributed by atoms with Crippen molar-refractivity contribution in [2.24, 2.45) is 0 Å². The molecular weight excluding hydrogens is 348 g/mol. The molecule has 3 rings (SSSR count). The lowest BCUT2D eigenvalue weighted by atomic mass is 10.1. The van der Waals surface area contributed by atoms with Crippen LogP contribution in [0.25, 0.3) is 0 Å². The molecule has 0 aliphatic heterocycles. The van der Waals surface area contributed by atoms with E-state index in [9.17, 15) is 13.6 Å². The summed E-state index contributed by atoms with van der Waals surface area (Å²) in [6.07, 6.45) is 6.08. The van der Waals surface area contributed by atoms with E-state index in [2.05, 4.69) is 20.4 Å². The Bertz CT molecular complexity index is 850. The number of halogens is 2. The van der Waals surface area contributed by atoms with Crippen molar-refractivity contribution in [3.8, 4) is 0 Å². The molecule has 2 heterocycles. The van der Waals surface area contributed by atoms with Crippen molar-refractivity contribution in [2.75, 3.05) is 5.32 Å². The van der Waals surface area contributed by atoms with Gasteiger partial charge in [-0.25, -0.2) is 18.7 Å². The zero-order valence-electron chi connectivity index (χ0n) is 13.2. The van der Waals surface area contributed by atoms with Gasteiger partial charge in [0.05, 0.1) is 0 Å². The smallest absolute Gasteiger partial charge is 0.226 e. The Hall–Kier alpha value is -2.68. The minimum atomic E-state index is -0.872. The number of rotatable bonds is 7. The van der Waals surface area contributed by atoms with Crippen LogP contribution in [-0.2, 0) is 17.8 Å². The number of benzene rings is 1. The van der Waals surface area contributed by atoms with Crippen molar-refractivity contribution >= 4 is 22.4 Å². The first kappa shape index (κ1) is 17.2. The highest BCUT2D eigenvalue weighted by atomic mass is 32.1. The van der Waals surface area contributed by atoms with E-state index in [0.29, 0.717) is 36.5 Å². The first-order chi connectivity index (χ1) is 12.1. The molecule has 1 N–H and O–H groups in total. The summed E-state index contributed by atoms with van der Waals surface area (Å²) >= 11 is 1.31. The van der Waals surface area contributed by atoms with Crippen LogP contribution in [0.3, 0.4) is 0 Å². The molecule has 1 aromatic carbocycles. The van der Waals surface area contributed by atoms with Gasteiger partial charge in [-0.1, -0.05) is 6.07 Å². The second-order valence-electron chi connectivity index (χ2n) is 5.37. The second kappa shape index (κ2) is 7.93. The van der Waals surface area contributed by atoms with Crippen LogP contribution in [0.1, 0.15) is 23.3 Å². The summed E-state index contributed by atoms with van der Waals surface area (Å²) < 4.78 is 27.8. The average Bonchev–Trinajstić information content (AvgIpc) is 3.23. The number of carbonyl (C=O) groups excluding carboxylic acids is 1. The number of nitrogens with zero attached hydrogens (tertiary/aromatic N) is 4. The minimum Gasteiger partial charge on any atom is -0.302 e. The average molecular weight is 363 g/mol. The van der Waals surface area contributed by atoms with E-state index in [1.807, 2.05) is 0 Å². The zero-order valence-corrected chi connectivity index (χ0v) is 14.0. The van der Waals surface area contributed by atoms with Crippen LogP contribution in [0, 0.1) is 11.6 Å². The van der Waals surface area contributed by atoms with Gasteiger partial charge < -0.3 is 5.32 Å². The van der Waals surface area contributed by atoms with Gasteiger partial charge in [0.25, 0.3) is 0 Å². The van der Waals surface area contributed by atoms with Crippen LogP contribution in [-0.4, -0.2) is 25.7 Å². The summed E-state index contributed by atoms with van der Waals surface area (Å²) in [6, 6.07) is 3.79. The summed E-state index contributed by atoms with van der Waals surface area (Å²) in [5.41, 5.74) is 0.647. The standard InChI is InChI=1S/C16H15F2N5OS/c17-13-4-3-11(7-14(13)18)6-12-8-20-16(25-12)22-15(24)2-1-5-23-10-19-9-21-23/h3-4,7-10H,1-2,5-6H2,(H,20,22,24). The number of amides is 1. The quantitative estimate of drug-likeness (QED) is 0.700. The number of anilines is 1. The van der Waals surface area contributed by atoms with Gasteiger partial charge in [0.15, 0.2) is 16.8 Å². The second-order valence-corrected chi connectivity index (χ2v) is 6.48. The zero-order chi connectivity index (χ0) is 17.6. The lowest BCUT2D eigenvalue weighted by molar-refractivity contribution is -0.116. The molecule has 130 valence electrons. The van der Waals surface area contributed by atoms with E-state index in [1.54, 1.807) is 17.2 Å². The maximum absolute atomic E-state index is 13.2. The number of aryl methyl sites for hydroxylation is 1. The molecule has 0 atom stereocenters. The first-order valence-electron chi connectivity index (χ1n) is 7.61. The third-order valence-corrected chi connectivity index (χ3v) is 4.33. The Morgan fingerprint density at radius 2 is 2.16 bits per heavy atom. The molecule has 1 amide bonds. The number of carbonyl (C=O) groups is 1. The van der Waals surface area contributed by atoms with Gasteiger partial charge >= 0.3 is 0 Å². The highest BCUT2D eigenvalue weighted by Gasteiger charge is 2.09. The fourth-order valence-electron chi connectivity index (χ4n) is 2.23. The van der Waals surface area contributed by atoms with E-state index < -0.39 is 11.6 Å². The van der Waals surface area contributed by atoms with Gasteiger partial charge in [-0.2, -0.15) is 5.10 Å². The van der Waals surface area contributed by atoms with Crippen LogP contribution in [0.5, 0.6) is 0 Å². The largest absolute Gasteiger partial charge is 0.302 e. The monoisotopic (exact) mass is 363 g/mol. The maximum Gasteiger partial charge on any atom is 0.226 e. The van der Waals surface area contributed by atoms with E-state index in [1.165, 1.54) is 23.7 Å². The Kier molecular flexibility index (Phi) is 5.44. The number of aromatic nitrogens is 4. The first-order valence-corrected chi connectivity index (χ1v) is 8.43. The molecule has 9 heteroatoms. The summed E-state index contributed by atoms with van der Waals surface area (Å²) in [5.74, 6) is -1.87. The maximum atomic E-state index is 13.2. The third kappa shape index (κ3) is 4.90. The van der Waals surface area contributed by atoms with Crippen LogP contribution in [0.2, 0.25) is 0 Å². The SMILES string of the molecule is O=C(CCCn1cncn1)Nc1ncc(Cc2ccc(F)c(F)c2)s1. The Morgan fingerprint density at radius 3 is 2.92 bits per heavy atom. The molecule has 3 aromatic rings. The minimum absolute atomic E-state index is 0.131. The van der Waals surface area contributed by atoms with Crippen LogP contribution in [0.4, 0.5) is 13.9 Å². The molecular formula is C16H15F2N5OS. The van der Waals surface area contributed by atoms with Crippen molar-refractivity contribution in [3.63, 3.8) is 0 Å². The molecule has 0 bridgehead atoms. The van der Waals surface area contributed by atoms with Gasteiger partial charge in [0, 0.05) is 30.5 Å². The summed E-state index contributed by atoms with van der Waals surface area (Å²) in [7, 11) is 0. The number of hydrogen-bond donors (Lipinski definition) is 1. The molecule has 2 aromatic heterocycles. The van der Waals surface area contributed by atoms with Gasteiger partial charge in [-0.05, 0) is 24.1 Å². The van der Waals surface area contributed by atoms with Crippen molar-refractivity contribution in [1.82, 2.24) is 19.7 Å². The molecule has 0 aliphatic carbocycles. The molecule has 0 radical (unpaired) electrons. The number of hydrogen-bond acceptors (Lipinski definition) is 5. The van der Waals surface area contributed by atoms with E-state index in [4.69, 9.17) is 0 Å². The highest BCUT2D eigenvalue weighted by Crippen LogP contribution is 2.22. The summed E-state index contributed by atoms with van der Waals surface area (Å²) in [6.45, 7) is 0.618. The van der Waals surface area contributed by atoms with Crippen LogP contribution < -0.4 is 5.32 Å². The van der Waals surface area contributed by atoms with Crippen LogP contribution in [0.15, 0.2) is 37.1 Å². The van der Waals surface area contributed by atoms with Crippen LogP contribution >= 0.6 is 11.3 Å². The van der Waals surface area contributed by atoms with E-state index >= 15 is 0 Å². The molecule has 6 nitrogen and oxygen atoms in total. The lowest BCUT2D eigenvalue weighted by Crippen LogP contribution is -2.12. The van der Waals surface area contributed by atoms with Crippen molar-refractivity contribution < 1.29 is 13.6 Å².